The van der Waals surface area contributed by atoms with Crippen LogP contribution in [0.4, 0.5) is 4.79 Å². The van der Waals surface area contributed by atoms with Crippen molar-refractivity contribution in [2.24, 2.45) is 23.0 Å². The summed E-state index contributed by atoms with van der Waals surface area (Å²) >= 11 is 0. The van der Waals surface area contributed by atoms with Crippen LogP contribution in [0.25, 0.3) is 0 Å². The fourth-order valence-electron chi connectivity index (χ4n) is 2.28. The Morgan fingerprint density at radius 3 is 2.13 bits per heavy atom. The largest absolute Gasteiger partial charge is 0.481 e. The second-order valence-corrected chi connectivity index (χ2v) is 6.83. The van der Waals surface area contributed by atoms with Crippen LogP contribution < -0.4 is 16.4 Å². The van der Waals surface area contributed by atoms with Crippen LogP contribution in [-0.4, -0.2) is 47.3 Å². The Kier molecular flexibility index (Phi) is 8.60. The highest BCUT2D eigenvalue weighted by Gasteiger charge is 2.29. The molecule has 0 fully saturated rings. The summed E-state index contributed by atoms with van der Waals surface area (Å²) in [6.07, 6.45) is -0.279. The van der Waals surface area contributed by atoms with Crippen molar-refractivity contribution in [1.29, 1.82) is 0 Å². The molecule has 0 heterocycles. The van der Waals surface area contributed by atoms with Crippen LogP contribution in [0.15, 0.2) is 0 Å². The standard InChI is InChI=1S/C15H29N3O5/c1-9(7-18-14(22)23)5-10(2)12(19)17-8-11(16)6-15(3,4)13(20)21/h9-11,18H,5-8,16H2,1-4H3,(H,17,19)(H,20,21)(H,22,23). The number of carboxylic acid groups (broad SMARTS) is 2. The van der Waals surface area contributed by atoms with Gasteiger partial charge in [-0.05, 0) is 32.6 Å². The summed E-state index contributed by atoms with van der Waals surface area (Å²) in [6.45, 7) is 7.31. The molecule has 6 N–H and O–H groups in total. The SMILES string of the molecule is CC(CNC(=O)O)CC(C)C(=O)NCC(N)CC(C)(C)C(=O)O. The minimum absolute atomic E-state index is 0.0338. The smallest absolute Gasteiger partial charge is 0.404 e. The van der Waals surface area contributed by atoms with Gasteiger partial charge >= 0.3 is 12.1 Å². The van der Waals surface area contributed by atoms with Gasteiger partial charge in [0.15, 0.2) is 0 Å². The molecule has 0 aromatic heterocycles. The van der Waals surface area contributed by atoms with Crippen molar-refractivity contribution in [2.75, 3.05) is 13.1 Å². The van der Waals surface area contributed by atoms with E-state index in [4.69, 9.17) is 15.9 Å². The Morgan fingerprint density at radius 1 is 1.09 bits per heavy atom. The molecule has 0 aliphatic heterocycles. The van der Waals surface area contributed by atoms with E-state index in [0.717, 1.165) is 0 Å². The molecule has 134 valence electrons. The third-order valence-electron chi connectivity index (χ3n) is 3.70. The Balaban J connectivity index is 4.18. The van der Waals surface area contributed by atoms with Gasteiger partial charge in [0.1, 0.15) is 0 Å². The molecule has 0 saturated carbocycles. The molecule has 0 radical (unpaired) electrons. The second-order valence-electron chi connectivity index (χ2n) is 6.83. The summed E-state index contributed by atoms with van der Waals surface area (Å²) in [5.74, 6) is -1.34. The molecule has 0 spiro atoms. The fourth-order valence-corrected chi connectivity index (χ4v) is 2.28. The van der Waals surface area contributed by atoms with Crippen LogP contribution in [0.2, 0.25) is 0 Å². The van der Waals surface area contributed by atoms with Crippen molar-refractivity contribution in [3.63, 3.8) is 0 Å². The lowest BCUT2D eigenvalue weighted by atomic mass is 9.86. The van der Waals surface area contributed by atoms with Crippen LogP contribution in [-0.2, 0) is 9.59 Å². The number of hydrogen-bond acceptors (Lipinski definition) is 4. The molecule has 0 rings (SSSR count). The summed E-state index contributed by atoms with van der Waals surface area (Å²) in [5, 5.41) is 22.6. The molecule has 8 nitrogen and oxygen atoms in total. The maximum absolute atomic E-state index is 12.0. The van der Waals surface area contributed by atoms with Crippen LogP contribution in [0.5, 0.6) is 0 Å². The van der Waals surface area contributed by atoms with Gasteiger partial charge in [0.25, 0.3) is 0 Å². The molecular formula is C15H29N3O5. The molecule has 0 saturated heterocycles. The van der Waals surface area contributed by atoms with E-state index in [9.17, 15) is 14.4 Å². The summed E-state index contributed by atoms with van der Waals surface area (Å²) in [4.78, 5) is 33.5. The molecule has 0 bridgehead atoms. The molecule has 0 aromatic carbocycles. The second kappa shape index (κ2) is 9.34. The topological polar surface area (TPSA) is 142 Å². The van der Waals surface area contributed by atoms with E-state index in [2.05, 4.69) is 10.6 Å². The first-order valence-corrected chi connectivity index (χ1v) is 7.69. The molecule has 3 atom stereocenters. The molecule has 0 aromatic rings. The predicted octanol–water partition coefficient (Wildman–Crippen LogP) is 0.861. The third-order valence-corrected chi connectivity index (χ3v) is 3.70. The van der Waals surface area contributed by atoms with Crippen LogP contribution in [0.1, 0.15) is 40.5 Å². The zero-order valence-corrected chi connectivity index (χ0v) is 14.3. The van der Waals surface area contributed by atoms with E-state index in [1.54, 1.807) is 20.8 Å². The monoisotopic (exact) mass is 331 g/mol. The van der Waals surface area contributed by atoms with E-state index >= 15 is 0 Å². The maximum Gasteiger partial charge on any atom is 0.404 e. The highest BCUT2D eigenvalue weighted by Crippen LogP contribution is 2.21. The Labute approximate surface area is 136 Å². The van der Waals surface area contributed by atoms with Crippen molar-refractivity contribution in [1.82, 2.24) is 10.6 Å². The first-order valence-electron chi connectivity index (χ1n) is 7.69. The number of nitrogens with one attached hydrogen (secondary N) is 2. The average Bonchev–Trinajstić information content (AvgIpc) is 2.41. The summed E-state index contributed by atoms with van der Waals surface area (Å²) in [7, 11) is 0. The fraction of sp³-hybridized carbons (Fsp3) is 0.800. The van der Waals surface area contributed by atoms with E-state index in [0.29, 0.717) is 13.0 Å². The molecule has 0 aliphatic rings. The van der Waals surface area contributed by atoms with Gasteiger partial charge in [-0.1, -0.05) is 13.8 Å². The van der Waals surface area contributed by atoms with Crippen molar-refractivity contribution in [2.45, 2.75) is 46.6 Å². The van der Waals surface area contributed by atoms with Crippen LogP contribution in [0, 0.1) is 17.3 Å². The third kappa shape index (κ3) is 9.02. The Hall–Kier alpha value is -1.83. The molecule has 3 unspecified atom stereocenters. The minimum Gasteiger partial charge on any atom is -0.481 e. The van der Waals surface area contributed by atoms with Gasteiger partial charge in [-0.25, -0.2) is 4.79 Å². The minimum atomic E-state index is -1.08. The average molecular weight is 331 g/mol. The lowest BCUT2D eigenvalue weighted by Gasteiger charge is -2.24. The number of carbonyl (C=O) groups excluding carboxylic acids is 1. The molecule has 8 heteroatoms. The highest BCUT2D eigenvalue weighted by atomic mass is 16.4. The van der Waals surface area contributed by atoms with Gasteiger partial charge in [-0.2, -0.15) is 0 Å². The molecular weight excluding hydrogens is 302 g/mol. The van der Waals surface area contributed by atoms with Crippen molar-refractivity contribution >= 4 is 18.0 Å². The Morgan fingerprint density at radius 2 is 1.65 bits per heavy atom. The Bertz CT molecular complexity index is 425. The summed E-state index contributed by atoms with van der Waals surface area (Å²) in [5.41, 5.74) is 4.94. The zero-order valence-electron chi connectivity index (χ0n) is 14.3. The summed E-state index contributed by atoms with van der Waals surface area (Å²) < 4.78 is 0. The first kappa shape index (κ1) is 21.2. The van der Waals surface area contributed by atoms with Gasteiger partial charge in [-0.15, -0.1) is 0 Å². The zero-order chi connectivity index (χ0) is 18.2. The summed E-state index contributed by atoms with van der Waals surface area (Å²) in [6, 6.07) is -0.441. The van der Waals surface area contributed by atoms with Crippen LogP contribution in [0.3, 0.4) is 0 Å². The first-order chi connectivity index (χ1) is 10.5. The number of nitrogens with two attached hydrogens (primary N) is 1. The van der Waals surface area contributed by atoms with Gasteiger partial charge in [0.05, 0.1) is 5.41 Å². The lowest BCUT2D eigenvalue weighted by Crippen LogP contribution is -2.43. The quantitative estimate of drug-likeness (QED) is 0.402. The number of amides is 2. The molecule has 23 heavy (non-hydrogen) atoms. The van der Waals surface area contributed by atoms with E-state index in [-0.39, 0.29) is 30.7 Å². The predicted molar refractivity (Wildman–Crippen MR) is 86.0 cm³/mol. The van der Waals surface area contributed by atoms with E-state index < -0.39 is 23.5 Å². The number of carboxylic acids is 1. The maximum atomic E-state index is 12.0. The number of aliphatic carboxylic acids is 1. The van der Waals surface area contributed by atoms with E-state index in [1.165, 1.54) is 0 Å². The normalized spacial score (nSPS) is 15.3. The van der Waals surface area contributed by atoms with E-state index in [1.807, 2.05) is 6.92 Å². The van der Waals surface area contributed by atoms with Gasteiger partial charge in [-0.3, -0.25) is 9.59 Å². The number of rotatable bonds is 10. The highest BCUT2D eigenvalue weighted by molar-refractivity contribution is 5.78. The van der Waals surface area contributed by atoms with Gasteiger partial charge < -0.3 is 26.6 Å². The van der Waals surface area contributed by atoms with Gasteiger partial charge in [0, 0.05) is 25.0 Å². The number of hydrogen-bond donors (Lipinski definition) is 5. The molecule has 0 aliphatic carbocycles. The molecule has 2 amide bonds. The van der Waals surface area contributed by atoms with Crippen molar-refractivity contribution in [3.05, 3.63) is 0 Å². The lowest BCUT2D eigenvalue weighted by molar-refractivity contribution is -0.147. The number of carbonyl (C=O) groups is 3. The van der Waals surface area contributed by atoms with Crippen molar-refractivity contribution < 1.29 is 24.6 Å². The van der Waals surface area contributed by atoms with Gasteiger partial charge in [0.2, 0.25) is 5.91 Å². The van der Waals surface area contributed by atoms with Crippen LogP contribution >= 0.6 is 0 Å². The van der Waals surface area contributed by atoms with Crippen molar-refractivity contribution in [3.8, 4) is 0 Å².